The van der Waals surface area contributed by atoms with Crippen molar-refractivity contribution in [3.8, 4) is 0 Å². The molecule has 0 aliphatic carbocycles. The Morgan fingerprint density at radius 2 is 2.21 bits per heavy atom. The normalized spacial score (nSPS) is 24.0. The maximum Gasteiger partial charge on any atom is 0.155 e. The fourth-order valence-corrected chi connectivity index (χ4v) is 2.41. The second kappa shape index (κ2) is 4.78. The van der Waals surface area contributed by atoms with Gasteiger partial charge < -0.3 is 9.05 Å². The maximum absolute atomic E-state index is 6.08. The zero-order valence-electron chi connectivity index (χ0n) is 7.30. The number of benzene rings is 1. The van der Waals surface area contributed by atoms with Crippen LogP contribution in [-0.2, 0) is 9.05 Å². The summed E-state index contributed by atoms with van der Waals surface area (Å²) >= 11 is 12.0. The van der Waals surface area contributed by atoms with Crippen LogP contribution in [0.4, 0.5) is 0 Å². The van der Waals surface area contributed by atoms with Crippen molar-refractivity contribution in [2.75, 3.05) is 6.61 Å². The summed E-state index contributed by atoms with van der Waals surface area (Å²) in [6.07, 6.45) is 0.848. The lowest BCUT2D eigenvalue weighted by Crippen LogP contribution is -2.08. The first-order chi connectivity index (χ1) is 6.79. The standard InChI is InChI=1S/C9H9Cl2O2P/c10-7-3-1-2-6(9(7)11)8-4-5-12-14-13-8/h1-3,8,14H,4-5H2/t8-/m1/s1. The molecule has 1 aliphatic heterocycles. The molecular weight excluding hydrogens is 242 g/mol. The number of hydrogen-bond acceptors (Lipinski definition) is 2. The van der Waals surface area contributed by atoms with Crippen molar-refractivity contribution in [2.45, 2.75) is 12.5 Å². The average molecular weight is 251 g/mol. The van der Waals surface area contributed by atoms with Gasteiger partial charge in [0.05, 0.1) is 22.8 Å². The third kappa shape index (κ3) is 2.21. The fraction of sp³-hybridized carbons (Fsp3) is 0.333. The highest BCUT2D eigenvalue weighted by atomic mass is 35.5. The van der Waals surface area contributed by atoms with Gasteiger partial charge in [-0.15, -0.1) is 0 Å². The molecular formula is C9H9Cl2O2P. The third-order valence-corrected chi connectivity index (χ3v) is 3.60. The van der Waals surface area contributed by atoms with E-state index >= 15 is 0 Å². The molecule has 0 saturated carbocycles. The van der Waals surface area contributed by atoms with Gasteiger partial charge in [-0.1, -0.05) is 35.3 Å². The lowest BCUT2D eigenvalue weighted by molar-refractivity contribution is 0.121. The van der Waals surface area contributed by atoms with E-state index in [4.69, 9.17) is 32.2 Å². The van der Waals surface area contributed by atoms with Crippen LogP contribution in [0.15, 0.2) is 18.2 Å². The van der Waals surface area contributed by atoms with Crippen LogP contribution in [-0.4, -0.2) is 6.61 Å². The van der Waals surface area contributed by atoms with Crippen LogP contribution in [0.1, 0.15) is 18.1 Å². The van der Waals surface area contributed by atoms with Gasteiger partial charge in [0.25, 0.3) is 0 Å². The predicted octanol–water partition coefficient (Wildman–Crippen LogP) is 3.98. The topological polar surface area (TPSA) is 18.5 Å². The second-order valence-corrected chi connectivity index (χ2v) is 4.45. The van der Waals surface area contributed by atoms with Crippen LogP contribution in [0, 0.1) is 0 Å². The molecule has 0 aromatic heterocycles. The highest BCUT2D eigenvalue weighted by Crippen LogP contribution is 2.39. The summed E-state index contributed by atoms with van der Waals surface area (Å²) in [6, 6.07) is 5.59. The first-order valence-electron chi connectivity index (χ1n) is 4.25. The summed E-state index contributed by atoms with van der Waals surface area (Å²) in [7, 11) is 0.0990. The van der Waals surface area contributed by atoms with Crippen molar-refractivity contribution >= 4 is 32.2 Å². The number of rotatable bonds is 1. The maximum atomic E-state index is 6.08. The Morgan fingerprint density at radius 3 is 2.93 bits per heavy atom. The largest absolute Gasteiger partial charge is 0.336 e. The van der Waals surface area contributed by atoms with Gasteiger partial charge in [0.2, 0.25) is 0 Å². The fourth-order valence-electron chi connectivity index (χ4n) is 1.35. The first-order valence-corrected chi connectivity index (χ1v) is 5.82. The lowest BCUT2D eigenvalue weighted by Gasteiger charge is -2.23. The summed E-state index contributed by atoms with van der Waals surface area (Å²) in [6.45, 7) is 0.714. The highest BCUT2D eigenvalue weighted by molar-refractivity contribution is 7.26. The average Bonchev–Trinajstić information content (AvgIpc) is 2.23. The van der Waals surface area contributed by atoms with E-state index in [2.05, 4.69) is 0 Å². The van der Waals surface area contributed by atoms with E-state index in [1.165, 1.54) is 0 Å². The van der Waals surface area contributed by atoms with Crippen LogP contribution < -0.4 is 0 Å². The predicted molar refractivity (Wildman–Crippen MR) is 59.2 cm³/mol. The van der Waals surface area contributed by atoms with E-state index < -0.39 is 0 Å². The summed E-state index contributed by atoms with van der Waals surface area (Å²) < 4.78 is 10.6. The molecule has 1 aliphatic rings. The molecule has 0 spiro atoms. The van der Waals surface area contributed by atoms with Crippen molar-refractivity contribution in [3.63, 3.8) is 0 Å². The second-order valence-electron chi connectivity index (χ2n) is 2.97. The van der Waals surface area contributed by atoms with Gasteiger partial charge in [-0.2, -0.15) is 0 Å². The quantitative estimate of drug-likeness (QED) is 0.703. The molecule has 1 aromatic rings. The Hall–Kier alpha value is 0.150. The van der Waals surface area contributed by atoms with Gasteiger partial charge in [0.15, 0.2) is 9.03 Å². The summed E-state index contributed by atoms with van der Waals surface area (Å²) in [5.41, 5.74) is 0.954. The zero-order valence-corrected chi connectivity index (χ0v) is 9.81. The minimum absolute atomic E-state index is 0.0216. The molecule has 0 amide bonds. The lowest BCUT2D eigenvalue weighted by atomic mass is 10.1. The van der Waals surface area contributed by atoms with Gasteiger partial charge in [-0.05, 0) is 6.07 Å². The van der Waals surface area contributed by atoms with E-state index in [0.717, 1.165) is 12.0 Å². The Bertz CT molecular complexity index is 327. The summed E-state index contributed by atoms with van der Waals surface area (Å²) in [5, 5.41) is 1.16. The first kappa shape index (κ1) is 10.7. The number of halogens is 2. The molecule has 0 N–H and O–H groups in total. The molecule has 14 heavy (non-hydrogen) atoms. The van der Waals surface area contributed by atoms with E-state index in [-0.39, 0.29) is 15.1 Å². The van der Waals surface area contributed by atoms with Crippen LogP contribution >= 0.6 is 32.2 Å². The minimum atomic E-state index is 0.0216. The highest BCUT2D eigenvalue weighted by Gasteiger charge is 2.20. The van der Waals surface area contributed by atoms with Gasteiger partial charge in [-0.25, -0.2) is 0 Å². The van der Waals surface area contributed by atoms with Gasteiger partial charge >= 0.3 is 0 Å². The van der Waals surface area contributed by atoms with Gasteiger partial charge in [-0.3, -0.25) is 0 Å². The van der Waals surface area contributed by atoms with Crippen molar-refractivity contribution in [2.24, 2.45) is 0 Å². The minimum Gasteiger partial charge on any atom is -0.336 e. The third-order valence-electron chi connectivity index (χ3n) is 2.06. The molecule has 0 bridgehead atoms. The van der Waals surface area contributed by atoms with Crippen molar-refractivity contribution in [1.82, 2.24) is 0 Å². The molecule has 1 unspecified atom stereocenters. The Labute approximate surface area is 94.4 Å². The molecule has 1 saturated heterocycles. The monoisotopic (exact) mass is 250 g/mol. The smallest absolute Gasteiger partial charge is 0.155 e. The molecule has 1 aromatic carbocycles. The van der Waals surface area contributed by atoms with E-state index in [1.54, 1.807) is 6.07 Å². The van der Waals surface area contributed by atoms with E-state index in [0.29, 0.717) is 16.7 Å². The van der Waals surface area contributed by atoms with Crippen molar-refractivity contribution < 1.29 is 9.05 Å². The molecule has 2 rings (SSSR count). The molecule has 2 atom stereocenters. The molecule has 2 nitrogen and oxygen atoms in total. The van der Waals surface area contributed by atoms with Gasteiger partial charge in [0.1, 0.15) is 0 Å². The van der Waals surface area contributed by atoms with E-state index in [1.807, 2.05) is 12.1 Å². The van der Waals surface area contributed by atoms with Crippen LogP contribution in [0.25, 0.3) is 0 Å². The zero-order chi connectivity index (χ0) is 9.97. The summed E-state index contributed by atoms with van der Waals surface area (Å²) in [4.78, 5) is 0. The van der Waals surface area contributed by atoms with Crippen LogP contribution in [0.2, 0.25) is 10.0 Å². The van der Waals surface area contributed by atoms with E-state index in [9.17, 15) is 0 Å². The molecule has 76 valence electrons. The Morgan fingerprint density at radius 1 is 1.36 bits per heavy atom. The van der Waals surface area contributed by atoms with Crippen molar-refractivity contribution in [3.05, 3.63) is 33.8 Å². The molecule has 1 fully saturated rings. The van der Waals surface area contributed by atoms with Crippen LogP contribution in [0.5, 0.6) is 0 Å². The van der Waals surface area contributed by atoms with Gasteiger partial charge in [0, 0.05) is 12.0 Å². The summed E-state index contributed by atoms with van der Waals surface area (Å²) in [5.74, 6) is 0. The van der Waals surface area contributed by atoms with Crippen molar-refractivity contribution in [1.29, 1.82) is 0 Å². The molecule has 5 heteroatoms. The SMILES string of the molecule is Clc1cccc([C@H]2CCOPO2)c1Cl. The Balaban J connectivity index is 2.26. The molecule has 0 radical (unpaired) electrons. The molecule has 1 heterocycles. The number of hydrogen-bond donors (Lipinski definition) is 0. The van der Waals surface area contributed by atoms with Crippen LogP contribution in [0.3, 0.4) is 0 Å². The Kier molecular flexibility index (Phi) is 3.64.